The van der Waals surface area contributed by atoms with Gasteiger partial charge in [0.15, 0.2) is 0 Å². The second-order valence-electron chi connectivity index (χ2n) is 7.20. The van der Waals surface area contributed by atoms with Crippen molar-refractivity contribution in [3.8, 4) is 11.3 Å². The molecule has 5 rings (SSSR count). The first kappa shape index (κ1) is 16.0. The second-order valence-corrected chi connectivity index (χ2v) is 7.20. The van der Waals surface area contributed by atoms with Gasteiger partial charge in [-0.05, 0) is 32.0 Å². The standard InChI is InChI=1S/C19H22FN5O/c1-2-25-18(12-3-4-24(9-12)14-10-26-11-14)6-17(23-25)13-5-15-16(20)8-22-19(15)21-7-13/h5-8,12,14H,2-4,9-11H2,1H3,(H,21,22). The summed E-state index contributed by atoms with van der Waals surface area (Å²) in [5, 5.41) is 5.28. The molecule has 3 aromatic rings. The fourth-order valence-corrected chi connectivity index (χ4v) is 4.06. The van der Waals surface area contributed by atoms with Crippen LogP contribution in [0, 0.1) is 5.82 Å². The van der Waals surface area contributed by atoms with Crippen molar-refractivity contribution < 1.29 is 9.13 Å². The first-order valence-corrected chi connectivity index (χ1v) is 9.25. The molecule has 0 amide bonds. The number of aryl methyl sites for hydroxylation is 1. The van der Waals surface area contributed by atoms with Crippen molar-refractivity contribution >= 4 is 11.0 Å². The number of halogens is 1. The van der Waals surface area contributed by atoms with Crippen molar-refractivity contribution in [1.29, 1.82) is 0 Å². The van der Waals surface area contributed by atoms with Crippen LogP contribution in [0.3, 0.4) is 0 Å². The Kier molecular flexibility index (Phi) is 3.79. The molecule has 0 aliphatic carbocycles. The van der Waals surface area contributed by atoms with Crippen LogP contribution >= 0.6 is 0 Å². The summed E-state index contributed by atoms with van der Waals surface area (Å²) >= 11 is 0. The van der Waals surface area contributed by atoms with Gasteiger partial charge in [0.2, 0.25) is 0 Å². The molecule has 2 saturated heterocycles. The minimum atomic E-state index is -0.279. The number of ether oxygens (including phenoxy) is 1. The number of nitrogens with one attached hydrogen (secondary N) is 1. The number of hydrogen-bond acceptors (Lipinski definition) is 4. The Morgan fingerprint density at radius 2 is 2.23 bits per heavy atom. The van der Waals surface area contributed by atoms with E-state index in [0.29, 0.717) is 23.0 Å². The maximum absolute atomic E-state index is 13.9. The van der Waals surface area contributed by atoms with Crippen LogP contribution in [-0.2, 0) is 11.3 Å². The van der Waals surface area contributed by atoms with Crippen LogP contribution in [0.25, 0.3) is 22.3 Å². The van der Waals surface area contributed by atoms with Gasteiger partial charge < -0.3 is 9.72 Å². The average Bonchev–Trinajstić information content (AvgIpc) is 3.31. The number of H-pyrrole nitrogens is 1. The lowest BCUT2D eigenvalue weighted by Crippen LogP contribution is -2.47. The Hall–Kier alpha value is -2.25. The molecule has 0 bridgehead atoms. The fourth-order valence-electron chi connectivity index (χ4n) is 4.06. The van der Waals surface area contributed by atoms with Gasteiger partial charge in [0, 0.05) is 42.7 Å². The topological polar surface area (TPSA) is 59.0 Å². The molecule has 26 heavy (non-hydrogen) atoms. The molecular weight excluding hydrogens is 333 g/mol. The SMILES string of the molecule is CCn1nc(-c2cnc3[nH]cc(F)c3c2)cc1C1CCN(C2COC2)C1. The molecule has 0 radical (unpaired) electrons. The van der Waals surface area contributed by atoms with Crippen LogP contribution in [0.1, 0.15) is 25.0 Å². The summed E-state index contributed by atoms with van der Waals surface area (Å²) in [6.45, 7) is 6.83. The summed E-state index contributed by atoms with van der Waals surface area (Å²) in [7, 11) is 0. The summed E-state index contributed by atoms with van der Waals surface area (Å²) < 4.78 is 21.3. The van der Waals surface area contributed by atoms with Crippen molar-refractivity contribution in [2.75, 3.05) is 26.3 Å². The number of aromatic amines is 1. The van der Waals surface area contributed by atoms with E-state index in [0.717, 1.165) is 50.5 Å². The van der Waals surface area contributed by atoms with Gasteiger partial charge in [-0.3, -0.25) is 9.58 Å². The summed E-state index contributed by atoms with van der Waals surface area (Å²) in [5.41, 5.74) is 3.55. The molecule has 0 spiro atoms. The van der Waals surface area contributed by atoms with E-state index in [1.807, 2.05) is 6.07 Å². The Balaban J connectivity index is 1.46. The average molecular weight is 355 g/mol. The predicted octanol–water partition coefficient (Wildman–Crippen LogP) is 2.77. The summed E-state index contributed by atoms with van der Waals surface area (Å²) in [5.74, 6) is 0.205. The molecule has 6 nitrogen and oxygen atoms in total. The summed E-state index contributed by atoms with van der Waals surface area (Å²) in [6.07, 6.45) is 4.25. The molecule has 7 heteroatoms. The minimum absolute atomic E-state index is 0.279. The largest absolute Gasteiger partial charge is 0.378 e. The lowest BCUT2D eigenvalue weighted by Gasteiger charge is -2.34. The third-order valence-electron chi connectivity index (χ3n) is 5.66. The molecule has 0 aromatic carbocycles. The maximum Gasteiger partial charge on any atom is 0.150 e. The van der Waals surface area contributed by atoms with Gasteiger partial charge >= 0.3 is 0 Å². The van der Waals surface area contributed by atoms with E-state index in [4.69, 9.17) is 9.84 Å². The van der Waals surface area contributed by atoms with Crippen LogP contribution in [0.2, 0.25) is 0 Å². The van der Waals surface area contributed by atoms with Crippen LogP contribution in [0.5, 0.6) is 0 Å². The predicted molar refractivity (Wildman–Crippen MR) is 96.5 cm³/mol. The van der Waals surface area contributed by atoms with Crippen LogP contribution < -0.4 is 0 Å². The molecule has 5 heterocycles. The lowest BCUT2D eigenvalue weighted by molar-refractivity contribution is -0.0573. The van der Waals surface area contributed by atoms with Crippen molar-refractivity contribution in [1.82, 2.24) is 24.6 Å². The van der Waals surface area contributed by atoms with Crippen LogP contribution in [0.15, 0.2) is 24.5 Å². The number of rotatable bonds is 4. The Morgan fingerprint density at radius 1 is 1.35 bits per heavy atom. The van der Waals surface area contributed by atoms with Gasteiger partial charge in [-0.15, -0.1) is 0 Å². The smallest absolute Gasteiger partial charge is 0.150 e. The number of pyridine rings is 1. The number of likely N-dealkylation sites (tertiary alicyclic amines) is 1. The lowest BCUT2D eigenvalue weighted by atomic mass is 10.0. The van der Waals surface area contributed by atoms with Gasteiger partial charge in [0.25, 0.3) is 0 Å². The molecule has 2 aliphatic heterocycles. The van der Waals surface area contributed by atoms with E-state index in [2.05, 4.69) is 32.5 Å². The number of fused-ring (bicyclic) bond motifs is 1. The highest BCUT2D eigenvalue weighted by molar-refractivity contribution is 5.81. The zero-order valence-corrected chi connectivity index (χ0v) is 14.8. The van der Waals surface area contributed by atoms with E-state index < -0.39 is 0 Å². The van der Waals surface area contributed by atoms with E-state index in [1.54, 1.807) is 6.20 Å². The van der Waals surface area contributed by atoms with Crippen molar-refractivity contribution in [2.45, 2.75) is 31.8 Å². The van der Waals surface area contributed by atoms with Crippen molar-refractivity contribution in [2.24, 2.45) is 0 Å². The normalized spacial score (nSPS) is 21.5. The highest BCUT2D eigenvalue weighted by atomic mass is 19.1. The van der Waals surface area contributed by atoms with Crippen molar-refractivity contribution in [3.05, 3.63) is 36.0 Å². The van der Waals surface area contributed by atoms with Crippen molar-refractivity contribution in [3.63, 3.8) is 0 Å². The molecule has 0 saturated carbocycles. The maximum atomic E-state index is 13.9. The number of hydrogen-bond donors (Lipinski definition) is 1. The fraction of sp³-hybridized carbons (Fsp3) is 0.474. The highest BCUT2D eigenvalue weighted by Crippen LogP contribution is 2.33. The summed E-state index contributed by atoms with van der Waals surface area (Å²) in [4.78, 5) is 9.70. The van der Waals surface area contributed by atoms with Gasteiger partial charge in [0.1, 0.15) is 11.5 Å². The molecule has 2 aliphatic rings. The van der Waals surface area contributed by atoms with Gasteiger partial charge in [-0.2, -0.15) is 5.10 Å². The van der Waals surface area contributed by atoms with E-state index in [1.165, 1.54) is 11.9 Å². The Bertz CT molecular complexity index is 945. The molecule has 2 fully saturated rings. The third kappa shape index (κ3) is 2.54. The van der Waals surface area contributed by atoms with E-state index in [9.17, 15) is 4.39 Å². The Labute approximate surface area is 151 Å². The third-order valence-corrected chi connectivity index (χ3v) is 5.66. The van der Waals surface area contributed by atoms with Gasteiger partial charge in [-0.1, -0.05) is 0 Å². The first-order chi connectivity index (χ1) is 12.7. The van der Waals surface area contributed by atoms with Crippen LogP contribution in [-0.4, -0.2) is 57.0 Å². The minimum Gasteiger partial charge on any atom is -0.378 e. The monoisotopic (exact) mass is 355 g/mol. The van der Waals surface area contributed by atoms with Gasteiger partial charge in [0.05, 0.1) is 30.3 Å². The van der Waals surface area contributed by atoms with Gasteiger partial charge in [-0.25, -0.2) is 9.37 Å². The molecular formula is C19H22FN5O. The van der Waals surface area contributed by atoms with E-state index in [-0.39, 0.29) is 5.82 Å². The quantitative estimate of drug-likeness (QED) is 0.782. The molecule has 1 atom stereocenters. The highest BCUT2D eigenvalue weighted by Gasteiger charge is 2.34. The second kappa shape index (κ2) is 6.17. The molecule has 3 aromatic heterocycles. The molecule has 1 unspecified atom stereocenters. The van der Waals surface area contributed by atoms with E-state index >= 15 is 0 Å². The molecule has 136 valence electrons. The summed E-state index contributed by atoms with van der Waals surface area (Å²) in [6, 6.07) is 4.57. The zero-order chi connectivity index (χ0) is 17.7. The van der Waals surface area contributed by atoms with Crippen LogP contribution in [0.4, 0.5) is 4.39 Å². The Morgan fingerprint density at radius 3 is 3.00 bits per heavy atom. The number of aromatic nitrogens is 4. The molecule has 1 N–H and O–H groups in total. The first-order valence-electron chi connectivity index (χ1n) is 9.25. The number of nitrogens with zero attached hydrogens (tertiary/aromatic N) is 4. The zero-order valence-electron chi connectivity index (χ0n) is 14.8.